The van der Waals surface area contributed by atoms with E-state index in [9.17, 15) is 0 Å². The fourth-order valence-electron chi connectivity index (χ4n) is 2.04. The summed E-state index contributed by atoms with van der Waals surface area (Å²) >= 11 is 0. The van der Waals surface area contributed by atoms with Crippen LogP contribution in [0.25, 0.3) is 22.6 Å². The van der Waals surface area contributed by atoms with Gasteiger partial charge in [-0.15, -0.1) is 0 Å². The Bertz CT molecular complexity index is 718. The van der Waals surface area contributed by atoms with Crippen LogP contribution < -0.4 is 5.73 Å². The molecule has 0 atom stereocenters. The van der Waals surface area contributed by atoms with Gasteiger partial charge in [0.15, 0.2) is 5.58 Å². The zero-order valence-electron chi connectivity index (χ0n) is 10.8. The molecule has 3 rings (SSSR count). The van der Waals surface area contributed by atoms with E-state index in [0.717, 1.165) is 28.8 Å². The molecule has 0 aliphatic carbocycles. The first-order valence-corrected chi connectivity index (χ1v) is 6.35. The maximum absolute atomic E-state index is 5.77. The smallest absolute Gasteiger partial charge is 0.227 e. The number of nitrogens with two attached hydrogens (primary N) is 1. The molecule has 0 unspecified atom stereocenters. The minimum absolute atomic E-state index is 0.411. The lowest BCUT2D eigenvalue weighted by Crippen LogP contribution is -1.98. The van der Waals surface area contributed by atoms with E-state index in [-0.39, 0.29) is 0 Å². The molecule has 0 aliphatic heterocycles. The predicted octanol–water partition coefficient (Wildman–Crippen LogP) is 2.91. The van der Waals surface area contributed by atoms with Gasteiger partial charge in [0.05, 0.1) is 5.69 Å². The third-order valence-electron chi connectivity index (χ3n) is 3.13. The molecule has 3 aromatic rings. The highest BCUT2D eigenvalue weighted by atomic mass is 16.3. The highest BCUT2D eigenvalue weighted by molar-refractivity contribution is 5.76. The molecule has 0 radical (unpaired) electrons. The number of benzene rings is 1. The minimum atomic E-state index is 0.411. The van der Waals surface area contributed by atoms with Crippen molar-refractivity contribution >= 4 is 11.1 Å². The largest absolute Gasteiger partial charge is 0.436 e. The summed E-state index contributed by atoms with van der Waals surface area (Å²) in [6, 6.07) is 9.88. The van der Waals surface area contributed by atoms with E-state index in [1.54, 1.807) is 6.20 Å². The highest BCUT2D eigenvalue weighted by Gasteiger charge is 2.09. The molecule has 2 heterocycles. The van der Waals surface area contributed by atoms with Crippen molar-refractivity contribution in [2.75, 3.05) is 0 Å². The number of pyridine rings is 1. The molecule has 0 amide bonds. The molecule has 0 spiro atoms. The Morgan fingerprint density at radius 1 is 1.21 bits per heavy atom. The summed E-state index contributed by atoms with van der Waals surface area (Å²) in [4.78, 5) is 8.70. The molecular weight excluding hydrogens is 238 g/mol. The summed E-state index contributed by atoms with van der Waals surface area (Å²) in [6.45, 7) is 2.53. The van der Waals surface area contributed by atoms with E-state index < -0.39 is 0 Å². The zero-order chi connectivity index (χ0) is 13.2. The van der Waals surface area contributed by atoms with Crippen LogP contribution in [-0.2, 0) is 13.0 Å². The third kappa shape index (κ3) is 2.22. The fourth-order valence-corrected chi connectivity index (χ4v) is 2.04. The zero-order valence-corrected chi connectivity index (χ0v) is 10.8. The Labute approximate surface area is 111 Å². The van der Waals surface area contributed by atoms with Gasteiger partial charge >= 0.3 is 0 Å². The quantitative estimate of drug-likeness (QED) is 0.779. The van der Waals surface area contributed by atoms with Gasteiger partial charge in [-0.05, 0) is 36.2 Å². The predicted molar refractivity (Wildman–Crippen MR) is 74.5 cm³/mol. The van der Waals surface area contributed by atoms with Crippen LogP contribution in [0, 0.1) is 0 Å². The van der Waals surface area contributed by atoms with Crippen LogP contribution in [0.5, 0.6) is 0 Å². The second-order valence-electron chi connectivity index (χ2n) is 4.41. The Hall–Kier alpha value is -2.20. The Morgan fingerprint density at radius 2 is 2.11 bits per heavy atom. The van der Waals surface area contributed by atoms with Crippen molar-refractivity contribution in [3.8, 4) is 11.5 Å². The molecule has 0 saturated heterocycles. The van der Waals surface area contributed by atoms with E-state index in [4.69, 9.17) is 10.2 Å². The van der Waals surface area contributed by atoms with Crippen LogP contribution in [0.3, 0.4) is 0 Å². The van der Waals surface area contributed by atoms with Crippen molar-refractivity contribution in [1.82, 2.24) is 9.97 Å². The lowest BCUT2D eigenvalue weighted by molar-refractivity contribution is 0.619. The van der Waals surface area contributed by atoms with Gasteiger partial charge in [-0.25, -0.2) is 4.98 Å². The van der Waals surface area contributed by atoms with E-state index >= 15 is 0 Å². The van der Waals surface area contributed by atoms with E-state index in [1.165, 1.54) is 5.56 Å². The van der Waals surface area contributed by atoms with Crippen molar-refractivity contribution in [1.29, 1.82) is 0 Å². The van der Waals surface area contributed by atoms with Crippen LogP contribution in [0.1, 0.15) is 18.2 Å². The first-order chi connectivity index (χ1) is 9.30. The molecule has 4 heteroatoms. The molecule has 19 heavy (non-hydrogen) atoms. The number of rotatable bonds is 3. The molecule has 0 aliphatic rings. The molecule has 96 valence electrons. The van der Waals surface area contributed by atoms with Crippen LogP contribution in [0.4, 0.5) is 0 Å². The summed E-state index contributed by atoms with van der Waals surface area (Å²) in [6.07, 6.45) is 2.72. The summed E-state index contributed by atoms with van der Waals surface area (Å²) < 4.78 is 5.77. The molecule has 0 fully saturated rings. The summed E-state index contributed by atoms with van der Waals surface area (Å²) in [5.41, 5.74) is 10.3. The monoisotopic (exact) mass is 253 g/mol. The minimum Gasteiger partial charge on any atom is -0.436 e. The van der Waals surface area contributed by atoms with Crippen LogP contribution in [-0.4, -0.2) is 9.97 Å². The average molecular weight is 253 g/mol. The van der Waals surface area contributed by atoms with E-state index in [1.807, 2.05) is 18.2 Å². The SMILES string of the molecule is CCc1ccc2oc(-c3ccnc(CN)c3)nc2c1. The number of fused-ring (bicyclic) bond motifs is 1. The van der Waals surface area contributed by atoms with Crippen molar-refractivity contribution in [2.45, 2.75) is 19.9 Å². The Morgan fingerprint density at radius 3 is 2.89 bits per heavy atom. The lowest BCUT2D eigenvalue weighted by atomic mass is 10.1. The van der Waals surface area contributed by atoms with Gasteiger partial charge in [0.25, 0.3) is 0 Å². The van der Waals surface area contributed by atoms with E-state index in [2.05, 4.69) is 29.0 Å². The number of aromatic nitrogens is 2. The van der Waals surface area contributed by atoms with Gasteiger partial charge in [-0.1, -0.05) is 13.0 Å². The number of oxazole rings is 1. The molecule has 0 bridgehead atoms. The average Bonchev–Trinajstić information content (AvgIpc) is 2.90. The second kappa shape index (κ2) is 4.82. The lowest BCUT2D eigenvalue weighted by Gasteiger charge is -1.97. The van der Waals surface area contributed by atoms with Gasteiger partial charge in [0, 0.05) is 18.3 Å². The molecule has 4 nitrogen and oxygen atoms in total. The number of nitrogens with zero attached hydrogens (tertiary/aromatic N) is 2. The standard InChI is InChI=1S/C15H15N3O/c1-2-10-3-4-14-13(7-10)18-15(19-14)11-5-6-17-12(8-11)9-16/h3-8H,2,9,16H2,1H3. The molecular formula is C15H15N3O. The number of aryl methyl sites for hydroxylation is 1. The first kappa shape index (κ1) is 11.9. The van der Waals surface area contributed by atoms with Crippen LogP contribution in [0.2, 0.25) is 0 Å². The van der Waals surface area contributed by atoms with E-state index in [0.29, 0.717) is 12.4 Å². The molecule has 2 N–H and O–H groups in total. The topological polar surface area (TPSA) is 64.9 Å². The molecule has 1 aromatic carbocycles. The summed E-state index contributed by atoms with van der Waals surface area (Å²) in [5, 5.41) is 0. The summed E-state index contributed by atoms with van der Waals surface area (Å²) in [5.74, 6) is 0.611. The van der Waals surface area contributed by atoms with Gasteiger partial charge in [-0.3, -0.25) is 4.98 Å². The number of hydrogen-bond acceptors (Lipinski definition) is 4. The van der Waals surface area contributed by atoms with Crippen molar-refractivity contribution in [3.63, 3.8) is 0 Å². The van der Waals surface area contributed by atoms with Gasteiger partial charge in [0.2, 0.25) is 5.89 Å². The summed E-state index contributed by atoms with van der Waals surface area (Å²) in [7, 11) is 0. The normalized spacial score (nSPS) is 11.1. The molecule has 2 aromatic heterocycles. The fraction of sp³-hybridized carbons (Fsp3) is 0.200. The van der Waals surface area contributed by atoms with Crippen molar-refractivity contribution in [3.05, 3.63) is 47.8 Å². The van der Waals surface area contributed by atoms with Crippen molar-refractivity contribution < 1.29 is 4.42 Å². The third-order valence-corrected chi connectivity index (χ3v) is 3.13. The second-order valence-corrected chi connectivity index (χ2v) is 4.41. The maximum Gasteiger partial charge on any atom is 0.227 e. The van der Waals surface area contributed by atoms with Crippen molar-refractivity contribution in [2.24, 2.45) is 5.73 Å². The Balaban J connectivity index is 2.09. The van der Waals surface area contributed by atoms with Gasteiger partial charge in [0.1, 0.15) is 5.52 Å². The molecule has 0 saturated carbocycles. The van der Waals surface area contributed by atoms with Crippen LogP contribution >= 0.6 is 0 Å². The Kier molecular flexibility index (Phi) is 3.01. The maximum atomic E-state index is 5.77. The first-order valence-electron chi connectivity index (χ1n) is 6.35. The van der Waals surface area contributed by atoms with Gasteiger partial charge < -0.3 is 10.2 Å². The highest BCUT2D eigenvalue weighted by Crippen LogP contribution is 2.25. The number of hydrogen-bond donors (Lipinski definition) is 1. The van der Waals surface area contributed by atoms with Gasteiger partial charge in [-0.2, -0.15) is 0 Å². The van der Waals surface area contributed by atoms with Crippen LogP contribution in [0.15, 0.2) is 40.9 Å².